The minimum Gasteiger partial charge on any atom is -0.469 e. The molecule has 5 heteroatoms. The molecule has 78 valence electrons. The topological polar surface area (TPSA) is 81.4 Å². The van der Waals surface area contributed by atoms with E-state index in [1.54, 1.807) is 0 Å². The lowest BCUT2D eigenvalue weighted by Crippen LogP contribution is -2.31. The van der Waals surface area contributed by atoms with E-state index in [1.807, 2.05) is 0 Å². The Morgan fingerprint density at radius 1 is 1.36 bits per heavy atom. The second kappa shape index (κ2) is 3.24. The van der Waals surface area contributed by atoms with Crippen molar-refractivity contribution in [3.63, 3.8) is 0 Å². The Kier molecular flexibility index (Phi) is 2.19. The Balaban J connectivity index is 1.76. The molecule has 2 aliphatic rings. The van der Waals surface area contributed by atoms with Gasteiger partial charge in [0.1, 0.15) is 0 Å². The van der Waals surface area contributed by atoms with Crippen LogP contribution in [-0.2, 0) is 14.3 Å². The van der Waals surface area contributed by atoms with E-state index >= 15 is 0 Å². The van der Waals surface area contributed by atoms with Crippen LogP contribution in [0.25, 0.3) is 0 Å². The number of rotatable bonds is 3. The molecule has 2 saturated carbocycles. The molecule has 0 saturated heterocycles. The number of amides is 1. The fourth-order valence-electron chi connectivity index (χ4n) is 1.57. The molecule has 0 aliphatic heterocycles. The molecule has 0 radical (unpaired) electrons. The molecular weight excluding hydrogens is 184 g/mol. The number of carbonyl (C=O) groups excluding carboxylic acids is 2. The number of hydrogen-bond donors (Lipinski definition) is 2. The Hall–Kier alpha value is -1.10. The van der Waals surface area contributed by atoms with E-state index in [2.05, 4.69) is 10.1 Å². The summed E-state index contributed by atoms with van der Waals surface area (Å²) < 4.78 is 4.55. The molecule has 0 spiro atoms. The number of carbonyl (C=O) groups is 2. The molecule has 0 heterocycles. The molecule has 4 unspecified atom stereocenters. The normalized spacial score (nSPS) is 38.7. The molecule has 5 nitrogen and oxygen atoms in total. The van der Waals surface area contributed by atoms with E-state index in [1.165, 1.54) is 7.11 Å². The number of methoxy groups -OCH3 is 1. The summed E-state index contributed by atoms with van der Waals surface area (Å²) >= 11 is 0. The highest BCUT2D eigenvalue weighted by molar-refractivity contribution is 5.90. The summed E-state index contributed by atoms with van der Waals surface area (Å²) in [6, 6.07) is 0.232. The van der Waals surface area contributed by atoms with Crippen molar-refractivity contribution in [2.75, 3.05) is 7.11 Å². The molecule has 2 aliphatic carbocycles. The van der Waals surface area contributed by atoms with Crippen molar-refractivity contribution >= 4 is 11.9 Å². The van der Waals surface area contributed by atoms with Crippen molar-refractivity contribution in [2.24, 2.45) is 17.6 Å². The second-order valence-corrected chi connectivity index (χ2v) is 3.99. The third kappa shape index (κ3) is 1.72. The highest BCUT2D eigenvalue weighted by Crippen LogP contribution is 2.40. The van der Waals surface area contributed by atoms with Crippen LogP contribution in [0.3, 0.4) is 0 Å². The van der Waals surface area contributed by atoms with Crippen LogP contribution in [0, 0.1) is 11.8 Å². The maximum Gasteiger partial charge on any atom is 0.309 e. The zero-order chi connectivity index (χ0) is 10.3. The second-order valence-electron chi connectivity index (χ2n) is 3.99. The first-order chi connectivity index (χ1) is 6.63. The van der Waals surface area contributed by atoms with E-state index < -0.39 is 0 Å². The lowest BCUT2D eigenvalue weighted by Gasteiger charge is -2.01. The van der Waals surface area contributed by atoms with Gasteiger partial charge in [-0.3, -0.25) is 9.59 Å². The van der Waals surface area contributed by atoms with Gasteiger partial charge in [0.05, 0.1) is 18.9 Å². The number of nitrogens with two attached hydrogens (primary N) is 1. The monoisotopic (exact) mass is 198 g/mol. The first kappa shape index (κ1) is 9.45. The molecule has 3 N–H and O–H groups in total. The first-order valence-electron chi connectivity index (χ1n) is 4.77. The lowest BCUT2D eigenvalue weighted by atomic mass is 10.3. The van der Waals surface area contributed by atoms with Crippen LogP contribution >= 0.6 is 0 Å². The van der Waals surface area contributed by atoms with Crippen molar-refractivity contribution in [3.05, 3.63) is 0 Å². The Morgan fingerprint density at radius 2 is 2.00 bits per heavy atom. The van der Waals surface area contributed by atoms with E-state index in [4.69, 9.17) is 5.73 Å². The summed E-state index contributed by atoms with van der Waals surface area (Å²) in [5.41, 5.74) is 5.55. The van der Waals surface area contributed by atoms with Gasteiger partial charge in [-0.25, -0.2) is 0 Å². The third-order valence-corrected chi connectivity index (χ3v) is 2.80. The molecule has 14 heavy (non-hydrogen) atoms. The van der Waals surface area contributed by atoms with Crippen LogP contribution in [0.2, 0.25) is 0 Å². The van der Waals surface area contributed by atoms with Crippen molar-refractivity contribution < 1.29 is 14.3 Å². The van der Waals surface area contributed by atoms with E-state index in [-0.39, 0.29) is 35.8 Å². The number of nitrogens with one attached hydrogen (secondary N) is 1. The average molecular weight is 198 g/mol. The molecule has 0 aromatic carbocycles. The van der Waals surface area contributed by atoms with Crippen molar-refractivity contribution in [1.82, 2.24) is 5.32 Å². The van der Waals surface area contributed by atoms with Gasteiger partial charge < -0.3 is 15.8 Å². The predicted molar refractivity (Wildman–Crippen MR) is 48.1 cm³/mol. The van der Waals surface area contributed by atoms with Gasteiger partial charge in [-0.1, -0.05) is 0 Å². The molecule has 2 rings (SSSR count). The maximum absolute atomic E-state index is 11.5. The molecule has 2 fully saturated rings. The van der Waals surface area contributed by atoms with Crippen molar-refractivity contribution in [3.8, 4) is 0 Å². The Labute approximate surface area is 82.0 Å². The van der Waals surface area contributed by atoms with Gasteiger partial charge in [0, 0.05) is 12.1 Å². The lowest BCUT2D eigenvalue weighted by molar-refractivity contribution is -0.143. The zero-order valence-corrected chi connectivity index (χ0v) is 8.03. The summed E-state index contributed by atoms with van der Waals surface area (Å²) in [6.45, 7) is 0. The quantitative estimate of drug-likeness (QED) is 0.570. The van der Waals surface area contributed by atoms with E-state index in [9.17, 15) is 9.59 Å². The summed E-state index contributed by atoms with van der Waals surface area (Å²) in [5.74, 6) is -0.756. The van der Waals surface area contributed by atoms with Crippen LogP contribution in [0.5, 0.6) is 0 Å². The SMILES string of the molecule is COC(=O)C1CC1C(=O)NC1CC1N. The van der Waals surface area contributed by atoms with Gasteiger partial charge in [-0.05, 0) is 12.8 Å². The first-order valence-corrected chi connectivity index (χ1v) is 4.77. The summed E-state index contributed by atoms with van der Waals surface area (Å²) in [5, 5.41) is 2.80. The fraction of sp³-hybridized carbons (Fsp3) is 0.778. The maximum atomic E-state index is 11.5. The minimum absolute atomic E-state index is 0.0571. The van der Waals surface area contributed by atoms with Crippen molar-refractivity contribution in [1.29, 1.82) is 0 Å². The number of ether oxygens (including phenoxy) is 1. The Bertz CT molecular complexity index is 279. The number of hydrogen-bond acceptors (Lipinski definition) is 4. The van der Waals surface area contributed by atoms with E-state index in [0.717, 1.165) is 6.42 Å². The molecule has 0 aromatic heterocycles. The van der Waals surface area contributed by atoms with Gasteiger partial charge in [0.15, 0.2) is 0 Å². The largest absolute Gasteiger partial charge is 0.469 e. The average Bonchev–Trinajstić information content (AvgIpc) is 3.02. The zero-order valence-electron chi connectivity index (χ0n) is 8.03. The highest BCUT2D eigenvalue weighted by atomic mass is 16.5. The highest BCUT2D eigenvalue weighted by Gasteiger charge is 2.50. The minimum atomic E-state index is -0.287. The fourth-order valence-corrected chi connectivity index (χ4v) is 1.57. The molecule has 4 atom stereocenters. The van der Waals surface area contributed by atoms with Gasteiger partial charge >= 0.3 is 5.97 Å². The molecule has 1 amide bonds. The van der Waals surface area contributed by atoms with Gasteiger partial charge in [0.25, 0.3) is 0 Å². The summed E-state index contributed by atoms with van der Waals surface area (Å²) in [4.78, 5) is 22.5. The van der Waals surface area contributed by atoms with Crippen LogP contribution in [0.1, 0.15) is 12.8 Å². The third-order valence-electron chi connectivity index (χ3n) is 2.80. The van der Waals surface area contributed by atoms with Crippen LogP contribution < -0.4 is 11.1 Å². The van der Waals surface area contributed by atoms with Gasteiger partial charge in [-0.2, -0.15) is 0 Å². The van der Waals surface area contributed by atoms with Gasteiger partial charge in [0.2, 0.25) is 5.91 Å². The van der Waals surface area contributed by atoms with Crippen LogP contribution in [0.15, 0.2) is 0 Å². The smallest absolute Gasteiger partial charge is 0.309 e. The van der Waals surface area contributed by atoms with Gasteiger partial charge in [-0.15, -0.1) is 0 Å². The summed E-state index contributed by atoms with van der Waals surface area (Å²) in [6.07, 6.45) is 1.46. The van der Waals surface area contributed by atoms with Crippen molar-refractivity contribution in [2.45, 2.75) is 24.9 Å². The van der Waals surface area contributed by atoms with Crippen LogP contribution in [0.4, 0.5) is 0 Å². The van der Waals surface area contributed by atoms with Crippen LogP contribution in [-0.4, -0.2) is 31.1 Å². The Morgan fingerprint density at radius 3 is 2.50 bits per heavy atom. The standard InChI is InChI=1S/C9H14N2O3/c1-14-9(13)5-2-4(5)8(12)11-7-3-6(7)10/h4-7H,2-3,10H2,1H3,(H,11,12). The van der Waals surface area contributed by atoms with E-state index in [0.29, 0.717) is 6.42 Å². The summed E-state index contributed by atoms with van der Waals surface area (Å²) in [7, 11) is 1.34. The number of esters is 1. The molecule has 0 aromatic rings. The molecular formula is C9H14N2O3. The molecule has 0 bridgehead atoms. The predicted octanol–water partition coefficient (Wildman–Crippen LogP) is -0.989.